The van der Waals surface area contributed by atoms with Gasteiger partial charge in [0.25, 0.3) is 0 Å². The molecule has 0 aromatic carbocycles. The number of anilines is 1. The van der Waals surface area contributed by atoms with Crippen LogP contribution in [-0.4, -0.2) is 37.8 Å². The summed E-state index contributed by atoms with van der Waals surface area (Å²) in [5.41, 5.74) is 0. The van der Waals surface area contributed by atoms with E-state index in [2.05, 4.69) is 10.3 Å². The number of thiocarbonyl (C=S) groups is 1. The number of rotatable bonds is 5. The maximum absolute atomic E-state index is 12.0. The van der Waals surface area contributed by atoms with Crippen LogP contribution in [0.4, 0.5) is 5.13 Å². The zero-order valence-corrected chi connectivity index (χ0v) is 12.7. The van der Waals surface area contributed by atoms with Gasteiger partial charge in [-0.25, -0.2) is 4.98 Å². The number of carbonyl (C=O) groups excluding carboxylic acids is 2. The third kappa shape index (κ3) is 3.52. The van der Waals surface area contributed by atoms with E-state index >= 15 is 0 Å². The third-order valence-electron chi connectivity index (χ3n) is 2.62. The summed E-state index contributed by atoms with van der Waals surface area (Å²) in [6.45, 7) is 2.29. The van der Waals surface area contributed by atoms with Crippen LogP contribution in [0.5, 0.6) is 0 Å². The van der Waals surface area contributed by atoms with E-state index in [1.165, 1.54) is 28.0 Å². The van der Waals surface area contributed by atoms with E-state index in [0.717, 1.165) is 6.42 Å². The van der Waals surface area contributed by atoms with Crippen LogP contribution in [0.2, 0.25) is 0 Å². The van der Waals surface area contributed by atoms with Crippen molar-refractivity contribution < 1.29 is 9.59 Å². The number of amides is 2. The first kappa shape index (κ1) is 14.4. The summed E-state index contributed by atoms with van der Waals surface area (Å²) in [7, 11) is 0. The average Bonchev–Trinajstić information content (AvgIpc) is 2.96. The van der Waals surface area contributed by atoms with Crippen molar-refractivity contribution in [2.45, 2.75) is 25.0 Å². The molecule has 0 saturated carbocycles. The second-order valence-corrected chi connectivity index (χ2v) is 6.64. The van der Waals surface area contributed by atoms with Gasteiger partial charge >= 0.3 is 0 Å². The smallest absolute Gasteiger partial charge is 0.241 e. The Morgan fingerprint density at radius 2 is 2.42 bits per heavy atom. The van der Waals surface area contributed by atoms with Crippen LogP contribution < -0.4 is 5.32 Å². The molecule has 102 valence electrons. The molecule has 0 spiro atoms. The van der Waals surface area contributed by atoms with Gasteiger partial charge in [0.2, 0.25) is 11.8 Å². The van der Waals surface area contributed by atoms with Gasteiger partial charge < -0.3 is 5.32 Å². The predicted molar refractivity (Wildman–Crippen MR) is 81.3 cm³/mol. The van der Waals surface area contributed by atoms with Gasteiger partial charge in [-0.2, -0.15) is 0 Å². The highest BCUT2D eigenvalue weighted by molar-refractivity contribution is 8.24. The van der Waals surface area contributed by atoms with Crippen LogP contribution in [0.3, 0.4) is 0 Å². The van der Waals surface area contributed by atoms with Crippen molar-refractivity contribution >= 4 is 56.6 Å². The standard InChI is InChI=1S/C11H13N3O2S3/c1-2-7-9(16)14(11(17)19-7)5-3-8(15)13-10-12-4-6-18-10/h4,6-7H,2-3,5H2,1H3,(H,12,13,15). The first-order valence-corrected chi connectivity index (χ1v) is 8.00. The van der Waals surface area contributed by atoms with Gasteiger partial charge in [0.1, 0.15) is 4.32 Å². The van der Waals surface area contributed by atoms with E-state index in [1.54, 1.807) is 11.6 Å². The minimum absolute atomic E-state index is 0.0135. The van der Waals surface area contributed by atoms with Crippen LogP contribution >= 0.6 is 35.3 Å². The quantitative estimate of drug-likeness (QED) is 0.843. The Morgan fingerprint density at radius 3 is 3.00 bits per heavy atom. The summed E-state index contributed by atoms with van der Waals surface area (Å²) in [6, 6.07) is 0. The van der Waals surface area contributed by atoms with Gasteiger partial charge in [-0.15, -0.1) is 11.3 Å². The number of nitrogens with one attached hydrogen (secondary N) is 1. The molecule has 1 N–H and O–H groups in total. The molecular formula is C11H13N3O2S3. The zero-order valence-electron chi connectivity index (χ0n) is 10.3. The fourth-order valence-corrected chi connectivity index (χ4v) is 3.66. The van der Waals surface area contributed by atoms with Crippen molar-refractivity contribution in [3.8, 4) is 0 Å². The minimum atomic E-state index is -0.157. The Hall–Kier alpha value is -0.990. The number of nitrogens with zero attached hydrogens (tertiary/aromatic N) is 2. The average molecular weight is 315 g/mol. The van der Waals surface area contributed by atoms with E-state index < -0.39 is 0 Å². The number of thioether (sulfide) groups is 1. The fourth-order valence-electron chi connectivity index (χ4n) is 1.64. The third-order valence-corrected chi connectivity index (χ3v) is 5.06. The number of hydrogen-bond acceptors (Lipinski definition) is 6. The lowest BCUT2D eigenvalue weighted by Crippen LogP contribution is -2.33. The lowest BCUT2D eigenvalue weighted by atomic mass is 10.3. The van der Waals surface area contributed by atoms with Crippen LogP contribution in [0.15, 0.2) is 11.6 Å². The van der Waals surface area contributed by atoms with E-state index in [1.807, 2.05) is 6.92 Å². The first-order chi connectivity index (χ1) is 9.11. The van der Waals surface area contributed by atoms with Gasteiger partial charge in [0.05, 0.1) is 5.25 Å². The van der Waals surface area contributed by atoms with Crippen molar-refractivity contribution in [2.24, 2.45) is 0 Å². The lowest BCUT2D eigenvalue weighted by molar-refractivity contribution is -0.126. The van der Waals surface area contributed by atoms with Crippen LogP contribution in [0.1, 0.15) is 19.8 Å². The Morgan fingerprint density at radius 1 is 1.63 bits per heavy atom. The van der Waals surface area contributed by atoms with Crippen LogP contribution in [0.25, 0.3) is 0 Å². The number of aromatic nitrogens is 1. The number of carbonyl (C=O) groups is 2. The van der Waals surface area contributed by atoms with Crippen molar-refractivity contribution in [1.29, 1.82) is 0 Å². The van der Waals surface area contributed by atoms with Gasteiger partial charge in [-0.3, -0.25) is 14.5 Å². The molecule has 1 saturated heterocycles. The summed E-state index contributed by atoms with van der Waals surface area (Å²) in [5.74, 6) is -0.143. The Labute approximate surface area is 124 Å². The molecule has 1 atom stereocenters. The molecule has 1 aliphatic heterocycles. The van der Waals surface area contributed by atoms with Gasteiger partial charge in [-0.1, -0.05) is 30.9 Å². The molecule has 2 rings (SSSR count). The minimum Gasteiger partial charge on any atom is -0.302 e. The maximum Gasteiger partial charge on any atom is 0.241 e. The van der Waals surface area contributed by atoms with Crippen LogP contribution in [-0.2, 0) is 9.59 Å². The van der Waals surface area contributed by atoms with E-state index in [0.29, 0.717) is 16.0 Å². The maximum atomic E-state index is 12.0. The molecule has 8 heteroatoms. The second-order valence-electron chi connectivity index (χ2n) is 3.91. The van der Waals surface area contributed by atoms with E-state index in [-0.39, 0.29) is 23.5 Å². The van der Waals surface area contributed by atoms with Crippen molar-refractivity contribution in [2.75, 3.05) is 11.9 Å². The molecule has 0 bridgehead atoms. The van der Waals surface area contributed by atoms with Crippen molar-refractivity contribution in [3.63, 3.8) is 0 Å². The zero-order chi connectivity index (χ0) is 13.8. The Kier molecular flexibility index (Phi) is 4.89. The SMILES string of the molecule is CCC1SC(=S)N(CCC(=O)Nc2nccs2)C1=O. The van der Waals surface area contributed by atoms with Gasteiger partial charge in [0.15, 0.2) is 5.13 Å². The molecule has 19 heavy (non-hydrogen) atoms. The highest BCUT2D eigenvalue weighted by atomic mass is 32.2. The van der Waals surface area contributed by atoms with Crippen LogP contribution in [0, 0.1) is 0 Å². The van der Waals surface area contributed by atoms with Crippen molar-refractivity contribution in [3.05, 3.63) is 11.6 Å². The molecule has 1 aromatic heterocycles. The summed E-state index contributed by atoms with van der Waals surface area (Å²) in [6.07, 6.45) is 2.61. The normalized spacial score (nSPS) is 19.0. The summed E-state index contributed by atoms with van der Waals surface area (Å²) >= 11 is 7.92. The lowest BCUT2D eigenvalue weighted by Gasteiger charge is -2.14. The molecule has 0 aliphatic carbocycles. The topological polar surface area (TPSA) is 62.3 Å². The van der Waals surface area contributed by atoms with Gasteiger partial charge in [-0.05, 0) is 6.42 Å². The first-order valence-electron chi connectivity index (χ1n) is 5.83. The highest BCUT2D eigenvalue weighted by Crippen LogP contribution is 2.29. The number of hydrogen-bond donors (Lipinski definition) is 1. The molecule has 1 unspecified atom stereocenters. The van der Waals surface area contributed by atoms with E-state index in [4.69, 9.17) is 12.2 Å². The molecule has 5 nitrogen and oxygen atoms in total. The summed E-state index contributed by atoms with van der Waals surface area (Å²) in [4.78, 5) is 29.1. The largest absolute Gasteiger partial charge is 0.302 e. The van der Waals surface area contributed by atoms with Gasteiger partial charge in [0, 0.05) is 24.5 Å². The van der Waals surface area contributed by atoms with Crippen molar-refractivity contribution in [1.82, 2.24) is 9.88 Å². The van der Waals surface area contributed by atoms with E-state index in [9.17, 15) is 9.59 Å². The summed E-state index contributed by atoms with van der Waals surface area (Å²) < 4.78 is 0.568. The second kappa shape index (κ2) is 6.44. The molecule has 1 aliphatic rings. The molecule has 2 amide bonds. The Bertz CT molecular complexity index is 489. The predicted octanol–water partition coefficient (Wildman–Crippen LogP) is 2.11. The molecule has 2 heterocycles. The number of thiazole rings is 1. The summed E-state index contributed by atoms with van der Waals surface area (Å²) in [5, 5.41) is 4.95. The molecular weight excluding hydrogens is 302 g/mol. The fraction of sp³-hybridized carbons (Fsp3) is 0.455. The molecule has 1 aromatic rings. The molecule has 0 radical (unpaired) electrons. The Balaban J connectivity index is 1.83. The molecule has 1 fully saturated rings. The highest BCUT2D eigenvalue weighted by Gasteiger charge is 2.35. The monoisotopic (exact) mass is 315 g/mol.